The van der Waals surface area contributed by atoms with E-state index in [2.05, 4.69) is 20.1 Å². The lowest BCUT2D eigenvalue weighted by molar-refractivity contribution is -0.138. The minimum atomic E-state index is -0.720. The van der Waals surface area contributed by atoms with Crippen LogP contribution in [0.1, 0.15) is 115 Å². The number of hydrogen-bond acceptors (Lipinski definition) is 12. The number of carbonyl (C=O) groups excluding carboxylic acids is 5. The second-order valence-electron chi connectivity index (χ2n) is 13.0. The van der Waals surface area contributed by atoms with E-state index in [-0.39, 0.29) is 48.0 Å². The molecule has 0 aliphatic rings. The average Bonchev–Trinajstić information content (AvgIpc) is 3.23. The molecule has 0 amide bonds. The second-order valence-corrected chi connectivity index (χ2v) is 13.0. The highest BCUT2D eigenvalue weighted by Crippen LogP contribution is 2.28. The molecule has 0 unspecified atom stereocenters. The van der Waals surface area contributed by atoms with Crippen LogP contribution in [0.2, 0.25) is 0 Å². The van der Waals surface area contributed by atoms with Crippen LogP contribution in [0, 0.1) is 0 Å². The first kappa shape index (κ1) is 45.5. The van der Waals surface area contributed by atoms with Gasteiger partial charge in [0.2, 0.25) is 0 Å². The van der Waals surface area contributed by atoms with Gasteiger partial charge in [0.25, 0.3) is 0 Å². The lowest BCUT2D eigenvalue weighted by Gasteiger charge is -2.13. The average molecular weight is 787 g/mol. The van der Waals surface area contributed by atoms with Crippen molar-refractivity contribution in [3.63, 3.8) is 0 Å². The van der Waals surface area contributed by atoms with Gasteiger partial charge in [0.05, 0.1) is 44.2 Å². The molecule has 0 atom stereocenters. The number of hydrogen-bond donors (Lipinski definition) is 0. The highest BCUT2D eigenvalue weighted by molar-refractivity contribution is 5.97. The molecular formula is C45H54O12. The summed E-state index contributed by atoms with van der Waals surface area (Å²) in [4.78, 5) is 61.8. The van der Waals surface area contributed by atoms with Crippen molar-refractivity contribution in [2.24, 2.45) is 0 Å². The van der Waals surface area contributed by atoms with Crippen LogP contribution < -0.4 is 18.9 Å². The molecule has 57 heavy (non-hydrogen) atoms. The zero-order valence-corrected chi connectivity index (χ0v) is 32.8. The van der Waals surface area contributed by atoms with Crippen molar-refractivity contribution in [2.45, 2.75) is 84.0 Å². The number of carbonyl (C=O) groups is 5. The Labute approximate surface area is 335 Å². The summed E-state index contributed by atoms with van der Waals surface area (Å²) in [6.07, 6.45) is 13.4. The van der Waals surface area contributed by atoms with E-state index in [0.717, 1.165) is 31.4 Å². The van der Waals surface area contributed by atoms with E-state index >= 15 is 0 Å². The standard InChI is InChI=1S/C45H54O12/c1-4-7-8-9-10-11-12-13-32-55-45(50)39-33-38(56-43(48)34-18-22-36(23-19-34)51-28-14-16-30-53-41(46)5-2)26-27-40(39)57-44(49)35-20-24-37(25-21-35)52-29-15-17-31-54-42(47)6-3/h5-6,18-27,33H,2-4,7-17,28-32H2,1H3. The molecule has 0 radical (unpaired) electrons. The Morgan fingerprint density at radius 3 is 1.40 bits per heavy atom. The summed E-state index contributed by atoms with van der Waals surface area (Å²) in [5.74, 6) is -1.97. The van der Waals surface area contributed by atoms with Crippen LogP contribution in [-0.2, 0) is 23.8 Å². The minimum absolute atomic E-state index is 0.0525. The Bertz CT molecular complexity index is 1730. The van der Waals surface area contributed by atoms with Crippen LogP contribution in [0.15, 0.2) is 92.0 Å². The molecule has 0 aliphatic heterocycles. The normalized spacial score (nSPS) is 10.5. The number of esters is 5. The molecule has 3 rings (SSSR count). The summed E-state index contributed by atoms with van der Waals surface area (Å²) in [5, 5.41) is 0. The van der Waals surface area contributed by atoms with Gasteiger partial charge >= 0.3 is 29.8 Å². The first-order valence-electron chi connectivity index (χ1n) is 19.5. The van der Waals surface area contributed by atoms with Crippen LogP contribution in [0.4, 0.5) is 0 Å². The van der Waals surface area contributed by atoms with Gasteiger partial charge in [-0.2, -0.15) is 0 Å². The van der Waals surface area contributed by atoms with Gasteiger partial charge in [0.15, 0.2) is 0 Å². The predicted molar refractivity (Wildman–Crippen MR) is 214 cm³/mol. The van der Waals surface area contributed by atoms with Crippen molar-refractivity contribution in [3.05, 3.63) is 109 Å². The zero-order valence-electron chi connectivity index (χ0n) is 32.8. The Kier molecular flexibility index (Phi) is 21.4. The molecule has 0 heterocycles. The first-order chi connectivity index (χ1) is 27.7. The van der Waals surface area contributed by atoms with E-state index in [4.69, 9.17) is 33.2 Å². The van der Waals surface area contributed by atoms with E-state index in [9.17, 15) is 24.0 Å². The molecule has 12 heteroatoms. The predicted octanol–water partition coefficient (Wildman–Crippen LogP) is 9.20. The maximum Gasteiger partial charge on any atom is 0.343 e. The molecule has 0 N–H and O–H groups in total. The molecule has 306 valence electrons. The van der Waals surface area contributed by atoms with Crippen LogP contribution in [-0.4, -0.2) is 62.9 Å². The number of benzene rings is 3. The molecule has 0 saturated carbocycles. The maximum absolute atomic E-state index is 13.3. The molecule has 0 fully saturated rings. The van der Waals surface area contributed by atoms with Gasteiger partial charge in [0.1, 0.15) is 28.6 Å². The first-order valence-corrected chi connectivity index (χ1v) is 19.5. The van der Waals surface area contributed by atoms with Crippen molar-refractivity contribution in [1.29, 1.82) is 0 Å². The summed E-state index contributed by atoms with van der Waals surface area (Å²) in [6.45, 7) is 10.4. The lowest BCUT2D eigenvalue weighted by atomic mass is 10.1. The molecular weight excluding hydrogens is 732 g/mol. The SMILES string of the molecule is C=CC(=O)OCCCCOc1ccc(C(=O)Oc2ccc(OC(=O)c3ccc(OCCCCOC(=O)C=C)cc3)c(C(=O)OCCCCCCCCCC)c2)cc1. The van der Waals surface area contributed by atoms with Crippen LogP contribution in [0.25, 0.3) is 0 Å². The topological polar surface area (TPSA) is 150 Å². The van der Waals surface area contributed by atoms with Crippen molar-refractivity contribution < 1.29 is 57.1 Å². The molecule has 0 aliphatic carbocycles. The quantitative estimate of drug-likeness (QED) is 0.0227. The highest BCUT2D eigenvalue weighted by Gasteiger charge is 2.21. The van der Waals surface area contributed by atoms with Crippen molar-refractivity contribution in [2.75, 3.05) is 33.0 Å². The monoisotopic (exact) mass is 786 g/mol. The van der Waals surface area contributed by atoms with E-state index < -0.39 is 29.8 Å². The molecule has 0 spiro atoms. The number of rotatable bonds is 28. The van der Waals surface area contributed by atoms with Crippen LogP contribution in [0.3, 0.4) is 0 Å². The van der Waals surface area contributed by atoms with Gasteiger partial charge in [0, 0.05) is 12.2 Å². The molecule has 0 aromatic heterocycles. The Morgan fingerprint density at radius 1 is 0.474 bits per heavy atom. The van der Waals surface area contributed by atoms with E-state index in [1.54, 1.807) is 48.5 Å². The molecule has 0 saturated heterocycles. The maximum atomic E-state index is 13.3. The van der Waals surface area contributed by atoms with Crippen LogP contribution in [0.5, 0.6) is 23.0 Å². The fourth-order valence-corrected chi connectivity index (χ4v) is 5.25. The third kappa shape index (κ3) is 18.1. The summed E-state index contributed by atoms with van der Waals surface area (Å²) in [6, 6.07) is 16.8. The van der Waals surface area contributed by atoms with Crippen molar-refractivity contribution in [3.8, 4) is 23.0 Å². The van der Waals surface area contributed by atoms with Gasteiger partial charge in [-0.3, -0.25) is 0 Å². The number of unbranched alkanes of at least 4 members (excludes halogenated alkanes) is 9. The zero-order chi connectivity index (χ0) is 41.1. The van der Waals surface area contributed by atoms with E-state index in [0.29, 0.717) is 56.8 Å². The van der Waals surface area contributed by atoms with Crippen molar-refractivity contribution >= 4 is 29.8 Å². The van der Waals surface area contributed by atoms with E-state index in [1.807, 2.05) is 0 Å². The van der Waals surface area contributed by atoms with Crippen molar-refractivity contribution in [1.82, 2.24) is 0 Å². The summed E-state index contributed by atoms with van der Waals surface area (Å²) in [5.41, 5.74) is 0.387. The van der Waals surface area contributed by atoms with Gasteiger partial charge in [-0.25, -0.2) is 24.0 Å². The van der Waals surface area contributed by atoms with E-state index in [1.165, 1.54) is 43.9 Å². The van der Waals surface area contributed by atoms with Gasteiger partial charge in [-0.15, -0.1) is 0 Å². The second kappa shape index (κ2) is 26.8. The third-order valence-electron chi connectivity index (χ3n) is 8.43. The van der Waals surface area contributed by atoms with Crippen LogP contribution >= 0.6 is 0 Å². The molecule has 12 nitrogen and oxygen atoms in total. The Hall–Kier alpha value is -5.91. The lowest BCUT2D eigenvalue weighted by Crippen LogP contribution is -2.14. The number of ether oxygens (including phenoxy) is 7. The largest absolute Gasteiger partial charge is 0.494 e. The fraction of sp³-hybridized carbons (Fsp3) is 0.400. The summed E-state index contributed by atoms with van der Waals surface area (Å²) in [7, 11) is 0. The van der Waals surface area contributed by atoms with Gasteiger partial charge < -0.3 is 33.2 Å². The minimum Gasteiger partial charge on any atom is -0.494 e. The Morgan fingerprint density at radius 2 is 0.895 bits per heavy atom. The smallest absolute Gasteiger partial charge is 0.343 e. The Balaban J connectivity index is 1.60. The third-order valence-corrected chi connectivity index (χ3v) is 8.43. The highest BCUT2D eigenvalue weighted by atomic mass is 16.6. The molecule has 3 aromatic rings. The summed E-state index contributed by atoms with van der Waals surface area (Å²) >= 11 is 0. The fourth-order valence-electron chi connectivity index (χ4n) is 5.25. The van der Waals surface area contributed by atoms with Gasteiger partial charge in [-0.05, 0) is 98.8 Å². The van der Waals surface area contributed by atoms with Gasteiger partial charge in [-0.1, -0.05) is 65.0 Å². The molecule has 0 bridgehead atoms. The molecule has 3 aromatic carbocycles. The summed E-state index contributed by atoms with van der Waals surface area (Å²) < 4.78 is 38.1.